The highest BCUT2D eigenvalue weighted by Gasteiger charge is 2.19. The zero-order valence-corrected chi connectivity index (χ0v) is 19.0. The van der Waals surface area contributed by atoms with E-state index in [-0.39, 0.29) is 36.8 Å². The number of aryl methyl sites for hydroxylation is 2. The topological polar surface area (TPSA) is 94.0 Å². The Morgan fingerprint density at radius 2 is 1.90 bits per heavy atom. The number of nitrogens with zero attached hydrogens (tertiary/aromatic N) is 4. The molecule has 3 heterocycles. The highest BCUT2D eigenvalue weighted by molar-refractivity contribution is 6.02. The molecule has 0 radical (unpaired) electrons. The van der Waals surface area contributed by atoms with Gasteiger partial charge in [-0.2, -0.15) is 0 Å². The molecule has 31 heavy (non-hydrogen) atoms. The fourth-order valence-corrected chi connectivity index (χ4v) is 3.24. The van der Waals surface area contributed by atoms with Crippen molar-refractivity contribution in [1.82, 2.24) is 25.3 Å². The van der Waals surface area contributed by atoms with E-state index in [1.165, 1.54) is 5.56 Å². The van der Waals surface area contributed by atoms with Crippen LogP contribution in [0.15, 0.2) is 42.7 Å². The number of anilines is 1. The Morgan fingerprint density at radius 3 is 2.58 bits per heavy atom. The van der Waals surface area contributed by atoms with Crippen molar-refractivity contribution in [1.29, 1.82) is 0 Å². The first-order chi connectivity index (χ1) is 14.1. The van der Waals surface area contributed by atoms with Gasteiger partial charge in [-0.15, -0.1) is 29.9 Å². The third-order valence-corrected chi connectivity index (χ3v) is 5.12. The van der Waals surface area contributed by atoms with Gasteiger partial charge in [0.15, 0.2) is 5.69 Å². The van der Waals surface area contributed by atoms with Crippen LogP contribution in [0.25, 0.3) is 0 Å². The molecule has 166 valence electrons. The Kier molecular flexibility index (Phi) is 8.79. The van der Waals surface area contributed by atoms with Crippen LogP contribution in [0.2, 0.25) is 0 Å². The lowest BCUT2D eigenvalue weighted by molar-refractivity contribution is 0.102. The van der Waals surface area contributed by atoms with Crippen LogP contribution in [0, 0.1) is 13.8 Å². The van der Waals surface area contributed by atoms with E-state index >= 15 is 0 Å². The molecule has 1 amide bonds. The largest absolute Gasteiger partial charge is 0.439 e. The molecule has 2 aromatic heterocycles. The second-order valence-corrected chi connectivity index (χ2v) is 7.25. The minimum Gasteiger partial charge on any atom is -0.439 e. The molecule has 10 heteroatoms. The van der Waals surface area contributed by atoms with Gasteiger partial charge in [-0.05, 0) is 69.1 Å². The van der Waals surface area contributed by atoms with Gasteiger partial charge in [-0.3, -0.25) is 4.79 Å². The quantitative estimate of drug-likeness (QED) is 0.589. The van der Waals surface area contributed by atoms with E-state index in [9.17, 15) is 4.79 Å². The summed E-state index contributed by atoms with van der Waals surface area (Å²) in [5.41, 5.74) is 3.22. The molecular weight excluding hydrogens is 439 g/mol. The number of benzene rings is 1. The lowest BCUT2D eigenvalue weighted by atomic mass is 10.1. The van der Waals surface area contributed by atoms with E-state index in [0.717, 1.165) is 37.2 Å². The van der Waals surface area contributed by atoms with Gasteiger partial charge in [-0.25, -0.2) is 9.67 Å². The Balaban J connectivity index is 0.00000171. The second kappa shape index (κ2) is 11.1. The van der Waals surface area contributed by atoms with Crippen molar-refractivity contribution < 1.29 is 9.53 Å². The summed E-state index contributed by atoms with van der Waals surface area (Å²) in [5, 5.41) is 14.2. The zero-order valence-electron chi connectivity index (χ0n) is 17.4. The molecule has 0 spiro atoms. The first kappa shape index (κ1) is 24.6. The summed E-state index contributed by atoms with van der Waals surface area (Å²) in [5.74, 6) is 0.879. The molecule has 1 fully saturated rings. The molecule has 0 bridgehead atoms. The number of carbonyl (C=O) groups excluding carboxylic acids is 1. The summed E-state index contributed by atoms with van der Waals surface area (Å²) in [6.07, 6.45) is 5.23. The van der Waals surface area contributed by atoms with Gasteiger partial charge in [0.05, 0.1) is 24.1 Å². The van der Waals surface area contributed by atoms with Crippen LogP contribution in [-0.2, 0) is 0 Å². The molecule has 0 aliphatic carbocycles. The number of aromatic nitrogens is 4. The number of ether oxygens (including phenoxy) is 1. The molecule has 0 unspecified atom stereocenters. The zero-order chi connectivity index (χ0) is 20.2. The molecule has 1 aliphatic rings. The van der Waals surface area contributed by atoms with Crippen LogP contribution < -0.4 is 15.4 Å². The third kappa shape index (κ3) is 6.16. The minimum absolute atomic E-state index is 0. The number of amides is 1. The van der Waals surface area contributed by atoms with Crippen molar-refractivity contribution in [2.45, 2.75) is 32.7 Å². The van der Waals surface area contributed by atoms with Gasteiger partial charge in [0, 0.05) is 6.07 Å². The van der Waals surface area contributed by atoms with Crippen LogP contribution >= 0.6 is 24.8 Å². The van der Waals surface area contributed by atoms with E-state index in [1.807, 2.05) is 25.1 Å². The highest BCUT2D eigenvalue weighted by atomic mass is 35.5. The van der Waals surface area contributed by atoms with Crippen LogP contribution in [0.1, 0.15) is 40.5 Å². The number of hydrogen-bond acceptors (Lipinski definition) is 6. The van der Waals surface area contributed by atoms with Crippen molar-refractivity contribution in [3.8, 4) is 11.6 Å². The number of halogens is 2. The summed E-state index contributed by atoms with van der Waals surface area (Å²) >= 11 is 0. The third-order valence-electron chi connectivity index (χ3n) is 5.12. The summed E-state index contributed by atoms with van der Waals surface area (Å²) in [7, 11) is 0. The fraction of sp³-hybridized carbons (Fsp3) is 0.333. The maximum atomic E-state index is 12.5. The van der Waals surface area contributed by atoms with Crippen LogP contribution in [0.4, 0.5) is 5.69 Å². The molecule has 2 N–H and O–H groups in total. The van der Waals surface area contributed by atoms with E-state index in [0.29, 0.717) is 17.3 Å². The normalized spacial score (nSPS) is 13.6. The smallest absolute Gasteiger partial charge is 0.277 e. The monoisotopic (exact) mass is 464 g/mol. The van der Waals surface area contributed by atoms with Crippen molar-refractivity contribution in [2.75, 3.05) is 18.4 Å². The van der Waals surface area contributed by atoms with Crippen molar-refractivity contribution in [3.63, 3.8) is 0 Å². The fourth-order valence-electron chi connectivity index (χ4n) is 3.24. The number of carbonyl (C=O) groups is 1. The summed E-state index contributed by atoms with van der Waals surface area (Å²) < 4.78 is 7.56. The predicted molar refractivity (Wildman–Crippen MR) is 124 cm³/mol. The van der Waals surface area contributed by atoms with E-state index < -0.39 is 0 Å². The lowest BCUT2D eigenvalue weighted by Gasteiger charge is -2.22. The Morgan fingerprint density at radius 1 is 1.13 bits per heavy atom. The van der Waals surface area contributed by atoms with Gasteiger partial charge in [0.1, 0.15) is 5.75 Å². The van der Waals surface area contributed by atoms with Gasteiger partial charge >= 0.3 is 0 Å². The molecule has 1 aliphatic heterocycles. The first-order valence-electron chi connectivity index (χ1n) is 9.73. The van der Waals surface area contributed by atoms with Crippen LogP contribution in [-0.4, -0.2) is 39.0 Å². The van der Waals surface area contributed by atoms with Gasteiger partial charge < -0.3 is 15.4 Å². The number of hydrogen-bond donors (Lipinski definition) is 2. The molecule has 1 saturated heterocycles. The molecule has 0 saturated carbocycles. The number of rotatable bonds is 5. The van der Waals surface area contributed by atoms with Crippen LogP contribution in [0.5, 0.6) is 11.6 Å². The van der Waals surface area contributed by atoms with Gasteiger partial charge in [0.25, 0.3) is 5.91 Å². The average molecular weight is 465 g/mol. The van der Waals surface area contributed by atoms with Crippen molar-refractivity contribution in [2.24, 2.45) is 0 Å². The minimum atomic E-state index is -0.310. The highest BCUT2D eigenvalue weighted by Crippen LogP contribution is 2.23. The molecule has 3 aromatic rings. The Labute approximate surface area is 193 Å². The molecule has 0 atom stereocenters. The second-order valence-electron chi connectivity index (χ2n) is 7.25. The molecule has 1 aromatic carbocycles. The molecule has 4 rings (SSSR count). The first-order valence-corrected chi connectivity index (χ1v) is 9.73. The number of nitrogens with one attached hydrogen (secondary N) is 2. The van der Waals surface area contributed by atoms with Crippen LogP contribution in [0.3, 0.4) is 0 Å². The number of piperidine rings is 1. The van der Waals surface area contributed by atoms with Crippen molar-refractivity contribution in [3.05, 3.63) is 59.5 Å². The molecular formula is C21H26Cl2N6O2. The Hall–Kier alpha value is -2.68. The Bertz CT molecular complexity index is 1000. The summed E-state index contributed by atoms with van der Waals surface area (Å²) in [6.45, 7) is 6.00. The van der Waals surface area contributed by atoms with E-state index in [4.69, 9.17) is 4.74 Å². The standard InChI is InChI=1S/C21H24N6O2.2ClH/c1-14-3-5-18(11-15(14)2)29-20-6-4-16(12-23-20)24-21(28)19-13-27(26-25-19)17-7-9-22-10-8-17;;/h3-6,11-13,17,22H,7-10H2,1-2H3,(H,24,28);2*1H. The maximum absolute atomic E-state index is 12.5. The van der Waals surface area contributed by atoms with E-state index in [1.54, 1.807) is 29.2 Å². The van der Waals surface area contributed by atoms with Crippen molar-refractivity contribution >= 4 is 36.4 Å². The average Bonchev–Trinajstić information content (AvgIpc) is 3.23. The number of pyridine rings is 1. The lowest BCUT2D eigenvalue weighted by Crippen LogP contribution is -2.29. The summed E-state index contributed by atoms with van der Waals surface area (Å²) in [6, 6.07) is 9.64. The van der Waals surface area contributed by atoms with Gasteiger partial charge in [0.2, 0.25) is 5.88 Å². The van der Waals surface area contributed by atoms with Gasteiger partial charge in [-0.1, -0.05) is 11.3 Å². The summed E-state index contributed by atoms with van der Waals surface area (Å²) in [4.78, 5) is 16.7. The van der Waals surface area contributed by atoms with E-state index in [2.05, 4.69) is 32.9 Å². The maximum Gasteiger partial charge on any atom is 0.277 e. The SMILES string of the molecule is Cc1ccc(Oc2ccc(NC(=O)c3cn(C4CCNCC4)nn3)cn2)cc1C.Cl.Cl. The predicted octanol–water partition coefficient (Wildman–Crippen LogP) is 4.10. The molecule has 8 nitrogen and oxygen atoms in total.